The van der Waals surface area contributed by atoms with Crippen molar-refractivity contribution in [3.05, 3.63) is 0 Å². The predicted molar refractivity (Wildman–Crippen MR) is 79.4 cm³/mol. The molecule has 0 aliphatic heterocycles. The van der Waals surface area contributed by atoms with Crippen LogP contribution in [-0.4, -0.2) is 42.7 Å². The van der Waals surface area contributed by atoms with Crippen LogP contribution in [0.1, 0.15) is 32.6 Å². The van der Waals surface area contributed by atoms with Crippen molar-refractivity contribution in [2.75, 3.05) is 19.5 Å². The van der Waals surface area contributed by atoms with Gasteiger partial charge in [0, 0.05) is 18.4 Å². The number of halogens is 1. The highest BCUT2D eigenvalue weighted by Gasteiger charge is 2.24. The molecular weight excluding hydrogens is 272 g/mol. The summed E-state index contributed by atoms with van der Waals surface area (Å²) in [5, 5.41) is 3.73. The van der Waals surface area contributed by atoms with Crippen LogP contribution in [0.25, 0.3) is 0 Å². The Balaban J connectivity index is 0.00000289. The third kappa shape index (κ3) is 6.27. The molecule has 18 heavy (non-hydrogen) atoms. The summed E-state index contributed by atoms with van der Waals surface area (Å²) in [6.07, 6.45) is 4.62. The number of methoxy groups -OCH3 is 1. The van der Waals surface area contributed by atoms with Gasteiger partial charge in [0.25, 0.3) is 0 Å². The lowest BCUT2D eigenvalue weighted by Crippen LogP contribution is -2.48. The first-order chi connectivity index (χ1) is 8.17. The van der Waals surface area contributed by atoms with Gasteiger partial charge >= 0.3 is 0 Å². The van der Waals surface area contributed by atoms with E-state index in [-0.39, 0.29) is 24.9 Å². The summed E-state index contributed by atoms with van der Waals surface area (Å²) < 4.78 is 4.88. The lowest BCUT2D eigenvalue weighted by atomic mass is 9.95. The molecule has 4 nitrogen and oxygen atoms in total. The average molecular weight is 297 g/mol. The van der Waals surface area contributed by atoms with E-state index in [0.717, 1.165) is 18.6 Å². The molecule has 3 unspecified atom stereocenters. The van der Waals surface area contributed by atoms with E-state index in [1.165, 1.54) is 12.8 Å². The fraction of sp³-hybridized carbons (Fsp3) is 0.917. The van der Waals surface area contributed by atoms with Gasteiger partial charge in [0.1, 0.15) is 6.04 Å². The number of carbonyl (C=O) groups is 1. The molecule has 3 atom stereocenters. The maximum atomic E-state index is 11.7. The van der Waals surface area contributed by atoms with E-state index in [9.17, 15) is 4.79 Å². The minimum Gasteiger partial charge on any atom is -0.383 e. The van der Waals surface area contributed by atoms with Crippen molar-refractivity contribution < 1.29 is 9.53 Å². The second-order valence-electron chi connectivity index (χ2n) is 4.51. The van der Waals surface area contributed by atoms with Crippen molar-refractivity contribution in [2.45, 2.75) is 49.9 Å². The number of rotatable bonds is 6. The van der Waals surface area contributed by atoms with Crippen LogP contribution in [0.5, 0.6) is 0 Å². The zero-order valence-corrected chi connectivity index (χ0v) is 12.8. The number of amides is 1. The molecule has 1 aliphatic carbocycles. The summed E-state index contributed by atoms with van der Waals surface area (Å²) >= 11 is 1.99. The Bertz CT molecular complexity index is 242. The Morgan fingerprint density at radius 3 is 2.89 bits per heavy atom. The van der Waals surface area contributed by atoms with Gasteiger partial charge in [0.2, 0.25) is 5.91 Å². The first-order valence-electron chi connectivity index (χ1n) is 6.33. The van der Waals surface area contributed by atoms with E-state index >= 15 is 0 Å². The zero-order chi connectivity index (χ0) is 12.7. The highest BCUT2D eigenvalue weighted by Crippen LogP contribution is 2.28. The second kappa shape index (κ2) is 9.89. The molecule has 0 spiro atoms. The van der Waals surface area contributed by atoms with Gasteiger partial charge in [-0.3, -0.25) is 4.79 Å². The van der Waals surface area contributed by atoms with Crippen molar-refractivity contribution in [1.82, 2.24) is 5.32 Å². The molecule has 0 aromatic carbocycles. The van der Waals surface area contributed by atoms with Gasteiger partial charge in [0.15, 0.2) is 0 Å². The minimum atomic E-state index is -0.542. The van der Waals surface area contributed by atoms with Crippen LogP contribution < -0.4 is 11.1 Å². The van der Waals surface area contributed by atoms with Crippen molar-refractivity contribution in [3.63, 3.8) is 0 Å². The molecule has 0 heterocycles. The minimum absolute atomic E-state index is 0. The van der Waals surface area contributed by atoms with Gasteiger partial charge in [-0.1, -0.05) is 13.3 Å². The van der Waals surface area contributed by atoms with Crippen LogP contribution in [0, 0.1) is 0 Å². The lowest BCUT2D eigenvalue weighted by molar-refractivity contribution is -0.124. The van der Waals surface area contributed by atoms with Crippen LogP contribution in [0.15, 0.2) is 0 Å². The molecule has 0 aromatic rings. The van der Waals surface area contributed by atoms with Crippen molar-refractivity contribution in [1.29, 1.82) is 0 Å². The molecule has 0 bridgehead atoms. The fourth-order valence-corrected chi connectivity index (χ4v) is 3.40. The average Bonchev–Trinajstić information content (AvgIpc) is 2.30. The first-order valence-corrected chi connectivity index (χ1v) is 7.38. The normalized spacial score (nSPS) is 25.1. The summed E-state index contributed by atoms with van der Waals surface area (Å²) in [4.78, 5) is 11.7. The molecule has 1 saturated carbocycles. The monoisotopic (exact) mass is 296 g/mol. The van der Waals surface area contributed by atoms with Gasteiger partial charge in [-0.05, 0) is 25.0 Å². The molecule has 0 radical (unpaired) electrons. The molecule has 0 aromatic heterocycles. The van der Waals surface area contributed by atoms with E-state index in [4.69, 9.17) is 10.5 Å². The van der Waals surface area contributed by atoms with Crippen LogP contribution in [0.3, 0.4) is 0 Å². The van der Waals surface area contributed by atoms with Crippen molar-refractivity contribution in [2.24, 2.45) is 5.73 Å². The molecule has 1 rings (SSSR count). The summed E-state index contributed by atoms with van der Waals surface area (Å²) in [5.41, 5.74) is 5.70. The van der Waals surface area contributed by atoms with Gasteiger partial charge < -0.3 is 15.8 Å². The Labute approximate surface area is 120 Å². The third-order valence-corrected chi connectivity index (χ3v) is 4.29. The molecular formula is C12H25ClN2O2S. The number of nitrogens with two attached hydrogens (primary N) is 1. The number of hydrogen-bond acceptors (Lipinski definition) is 4. The molecule has 1 aliphatic rings. The van der Waals surface area contributed by atoms with Crippen LogP contribution in [-0.2, 0) is 9.53 Å². The number of thioether (sulfide) groups is 1. The van der Waals surface area contributed by atoms with E-state index in [1.54, 1.807) is 7.11 Å². The number of carbonyl (C=O) groups excluding carboxylic acids is 1. The molecule has 6 heteroatoms. The Hall–Kier alpha value is 0.0300. The largest absolute Gasteiger partial charge is 0.383 e. The Morgan fingerprint density at radius 2 is 2.28 bits per heavy atom. The Kier molecular flexibility index (Phi) is 9.91. The predicted octanol–water partition coefficient (Wildman–Crippen LogP) is 1.56. The van der Waals surface area contributed by atoms with E-state index in [0.29, 0.717) is 11.3 Å². The van der Waals surface area contributed by atoms with E-state index in [2.05, 4.69) is 12.2 Å². The van der Waals surface area contributed by atoms with Crippen LogP contribution >= 0.6 is 24.2 Å². The fourth-order valence-electron chi connectivity index (χ4n) is 2.23. The molecule has 1 amide bonds. The zero-order valence-electron chi connectivity index (χ0n) is 11.2. The number of ether oxygens (including phenoxy) is 1. The second-order valence-corrected chi connectivity index (χ2v) is 6.09. The van der Waals surface area contributed by atoms with E-state index in [1.807, 2.05) is 11.8 Å². The summed E-state index contributed by atoms with van der Waals surface area (Å²) in [5.74, 6) is 1.06. The van der Waals surface area contributed by atoms with Gasteiger partial charge in [-0.2, -0.15) is 11.8 Å². The van der Waals surface area contributed by atoms with Gasteiger partial charge in [-0.15, -0.1) is 12.4 Å². The maximum Gasteiger partial charge on any atom is 0.239 e. The highest BCUT2D eigenvalue weighted by molar-refractivity contribution is 7.99. The molecule has 108 valence electrons. The standard InChI is InChI=1S/C12H24N2O2S.ClH/c1-3-17-10-6-4-5-9(7-10)14-12(15)11(13)8-16-2;/h9-11H,3-8,13H2,1-2H3,(H,14,15);1H. The van der Waals surface area contributed by atoms with Gasteiger partial charge in [-0.25, -0.2) is 0 Å². The lowest BCUT2D eigenvalue weighted by Gasteiger charge is -2.29. The van der Waals surface area contributed by atoms with Crippen molar-refractivity contribution in [3.8, 4) is 0 Å². The summed E-state index contributed by atoms with van der Waals surface area (Å²) in [7, 11) is 1.56. The third-order valence-electron chi connectivity index (χ3n) is 3.06. The number of hydrogen-bond donors (Lipinski definition) is 2. The van der Waals surface area contributed by atoms with Crippen LogP contribution in [0.2, 0.25) is 0 Å². The summed E-state index contributed by atoms with van der Waals surface area (Å²) in [6, 6.07) is -0.248. The SMILES string of the molecule is CCSC1CCCC(NC(=O)C(N)COC)C1.Cl. The highest BCUT2D eigenvalue weighted by atomic mass is 35.5. The smallest absolute Gasteiger partial charge is 0.239 e. The van der Waals surface area contributed by atoms with E-state index < -0.39 is 6.04 Å². The first kappa shape index (κ1) is 18.0. The maximum absolute atomic E-state index is 11.7. The summed E-state index contributed by atoms with van der Waals surface area (Å²) in [6.45, 7) is 2.47. The molecule has 3 N–H and O–H groups in total. The Morgan fingerprint density at radius 1 is 1.56 bits per heavy atom. The van der Waals surface area contributed by atoms with Crippen LogP contribution in [0.4, 0.5) is 0 Å². The number of nitrogens with one attached hydrogen (secondary N) is 1. The van der Waals surface area contributed by atoms with Crippen molar-refractivity contribution >= 4 is 30.1 Å². The molecule has 1 fully saturated rings. The molecule has 0 saturated heterocycles. The van der Waals surface area contributed by atoms with Gasteiger partial charge in [0.05, 0.1) is 6.61 Å². The quantitative estimate of drug-likeness (QED) is 0.781. The topological polar surface area (TPSA) is 64.4 Å².